The van der Waals surface area contributed by atoms with Crippen LogP contribution in [-0.2, 0) is 15.8 Å². The van der Waals surface area contributed by atoms with E-state index in [0.29, 0.717) is 24.5 Å². The number of hydrogen-bond donors (Lipinski definition) is 2. The van der Waals surface area contributed by atoms with E-state index in [1.807, 2.05) is 6.92 Å². The molecule has 9 heteroatoms. The summed E-state index contributed by atoms with van der Waals surface area (Å²) in [7, 11) is 0. The number of amides is 2. The molecule has 0 aromatic heterocycles. The Morgan fingerprint density at radius 1 is 1.00 bits per heavy atom. The zero-order valence-electron chi connectivity index (χ0n) is 15.9. The summed E-state index contributed by atoms with van der Waals surface area (Å²) >= 11 is 0. The average Bonchev–Trinajstić information content (AvgIpc) is 2.65. The van der Waals surface area contributed by atoms with Crippen molar-refractivity contribution in [1.29, 1.82) is 0 Å². The summed E-state index contributed by atoms with van der Waals surface area (Å²) in [6.07, 6.45) is -3.89. The molecule has 2 rings (SSSR count). The molecule has 0 aliphatic heterocycles. The SMILES string of the molecule is CCCOc1ccc(C(F)(F)F)cc1NC(=O)COc1ccc(NC(C)=O)cc1. The van der Waals surface area contributed by atoms with Gasteiger partial charge in [-0.15, -0.1) is 0 Å². The normalized spacial score (nSPS) is 10.9. The number of alkyl halides is 3. The monoisotopic (exact) mass is 410 g/mol. The Labute approximate surface area is 166 Å². The summed E-state index contributed by atoms with van der Waals surface area (Å²) < 4.78 is 49.6. The molecule has 0 fully saturated rings. The number of nitrogens with one attached hydrogen (secondary N) is 2. The Balaban J connectivity index is 2.03. The van der Waals surface area contributed by atoms with Crippen molar-refractivity contribution in [3.05, 3.63) is 48.0 Å². The smallest absolute Gasteiger partial charge is 0.416 e. The lowest BCUT2D eigenvalue weighted by Gasteiger charge is -2.15. The van der Waals surface area contributed by atoms with Gasteiger partial charge in [0.15, 0.2) is 6.61 Å². The lowest BCUT2D eigenvalue weighted by Crippen LogP contribution is -2.21. The Morgan fingerprint density at radius 3 is 2.28 bits per heavy atom. The molecule has 2 N–H and O–H groups in total. The first kappa shape index (κ1) is 22.1. The summed E-state index contributed by atoms with van der Waals surface area (Å²) in [6.45, 7) is 3.11. The van der Waals surface area contributed by atoms with Crippen LogP contribution >= 0.6 is 0 Å². The lowest BCUT2D eigenvalue weighted by atomic mass is 10.1. The topological polar surface area (TPSA) is 76.7 Å². The number of hydrogen-bond acceptors (Lipinski definition) is 4. The molecular formula is C20H21F3N2O4. The number of carbonyl (C=O) groups is 2. The Kier molecular flexibility index (Phi) is 7.46. The van der Waals surface area contributed by atoms with Gasteiger partial charge in [-0.2, -0.15) is 13.2 Å². The number of anilines is 2. The van der Waals surface area contributed by atoms with Crippen LogP contribution in [0.1, 0.15) is 25.8 Å². The third-order valence-corrected chi connectivity index (χ3v) is 3.59. The van der Waals surface area contributed by atoms with Crippen molar-refractivity contribution in [3.8, 4) is 11.5 Å². The molecule has 0 spiro atoms. The highest BCUT2D eigenvalue weighted by atomic mass is 19.4. The number of halogens is 3. The van der Waals surface area contributed by atoms with Gasteiger partial charge in [-0.1, -0.05) is 6.92 Å². The van der Waals surface area contributed by atoms with Crippen LogP contribution in [0.5, 0.6) is 11.5 Å². The zero-order chi connectivity index (χ0) is 21.4. The molecule has 0 aliphatic carbocycles. The highest BCUT2D eigenvalue weighted by Crippen LogP contribution is 2.35. The van der Waals surface area contributed by atoms with Gasteiger partial charge in [0.2, 0.25) is 5.91 Å². The highest BCUT2D eigenvalue weighted by Gasteiger charge is 2.31. The maximum Gasteiger partial charge on any atom is 0.416 e. The first-order valence-electron chi connectivity index (χ1n) is 8.83. The van der Waals surface area contributed by atoms with Crippen LogP contribution in [0.2, 0.25) is 0 Å². The third kappa shape index (κ3) is 7.02. The van der Waals surface area contributed by atoms with Crippen LogP contribution in [0.15, 0.2) is 42.5 Å². The fourth-order valence-corrected chi connectivity index (χ4v) is 2.31. The second-order valence-electron chi connectivity index (χ2n) is 6.10. The van der Waals surface area contributed by atoms with E-state index in [1.54, 1.807) is 24.3 Å². The molecule has 0 unspecified atom stereocenters. The zero-order valence-corrected chi connectivity index (χ0v) is 15.9. The van der Waals surface area contributed by atoms with Gasteiger partial charge in [-0.3, -0.25) is 9.59 Å². The Hall–Kier alpha value is -3.23. The van der Waals surface area contributed by atoms with Gasteiger partial charge in [-0.25, -0.2) is 0 Å². The third-order valence-electron chi connectivity index (χ3n) is 3.59. The number of carbonyl (C=O) groups excluding carboxylic acids is 2. The summed E-state index contributed by atoms with van der Waals surface area (Å²) in [5, 5.41) is 4.98. The van der Waals surface area contributed by atoms with Crippen LogP contribution in [0.3, 0.4) is 0 Å². The van der Waals surface area contributed by atoms with Crippen molar-refractivity contribution in [2.24, 2.45) is 0 Å². The van der Waals surface area contributed by atoms with Crippen molar-refractivity contribution >= 4 is 23.2 Å². The largest absolute Gasteiger partial charge is 0.491 e. The predicted molar refractivity (Wildman–Crippen MR) is 102 cm³/mol. The van der Waals surface area contributed by atoms with E-state index in [4.69, 9.17) is 9.47 Å². The fourth-order valence-electron chi connectivity index (χ4n) is 2.31. The molecular weight excluding hydrogens is 389 g/mol. The Morgan fingerprint density at radius 2 is 1.69 bits per heavy atom. The first-order valence-corrected chi connectivity index (χ1v) is 8.83. The van der Waals surface area contributed by atoms with E-state index < -0.39 is 24.3 Å². The predicted octanol–water partition coefficient (Wildman–Crippen LogP) is 4.47. The fraction of sp³-hybridized carbons (Fsp3) is 0.300. The molecule has 2 aromatic carbocycles. The second-order valence-corrected chi connectivity index (χ2v) is 6.10. The standard InChI is InChI=1S/C20H21F3N2O4/c1-3-10-28-18-9-4-14(20(21,22)23)11-17(18)25-19(27)12-29-16-7-5-15(6-8-16)24-13(2)26/h4-9,11H,3,10,12H2,1-2H3,(H,24,26)(H,25,27). The minimum Gasteiger partial charge on any atom is -0.491 e. The molecule has 2 amide bonds. The number of ether oxygens (including phenoxy) is 2. The van der Waals surface area contributed by atoms with Crippen molar-refractivity contribution in [3.63, 3.8) is 0 Å². The summed E-state index contributed by atoms with van der Waals surface area (Å²) in [4.78, 5) is 23.1. The Bertz CT molecular complexity index is 852. The molecule has 29 heavy (non-hydrogen) atoms. The summed E-state index contributed by atoms with van der Waals surface area (Å²) in [5.74, 6) is -0.356. The number of benzene rings is 2. The number of rotatable bonds is 8. The molecule has 0 atom stereocenters. The minimum absolute atomic E-state index is 0.0807. The van der Waals surface area contributed by atoms with Crippen LogP contribution in [-0.4, -0.2) is 25.0 Å². The quantitative estimate of drug-likeness (QED) is 0.673. The highest BCUT2D eigenvalue weighted by molar-refractivity contribution is 5.93. The lowest BCUT2D eigenvalue weighted by molar-refractivity contribution is -0.137. The van der Waals surface area contributed by atoms with Crippen LogP contribution in [0.25, 0.3) is 0 Å². The maximum atomic E-state index is 13.0. The minimum atomic E-state index is -4.55. The van der Waals surface area contributed by atoms with Gasteiger partial charge in [-0.05, 0) is 48.9 Å². The summed E-state index contributed by atoms with van der Waals surface area (Å²) in [5.41, 5.74) is -0.412. The molecule has 0 aliphatic rings. The maximum absolute atomic E-state index is 13.0. The van der Waals surface area contributed by atoms with E-state index in [-0.39, 0.29) is 17.3 Å². The molecule has 0 bridgehead atoms. The van der Waals surface area contributed by atoms with Crippen molar-refractivity contribution < 1.29 is 32.2 Å². The molecule has 2 aromatic rings. The van der Waals surface area contributed by atoms with E-state index in [1.165, 1.54) is 13.0 Å². The van der Waals surface area contributed by atoms with Crippen molar-refractivity contribution in [2.75, 3.05) is 23.8 Å². The first-order chi connectivity index (χ1) is 13.7. The van der Waals surface area contributed by atoms with Crippen molar-refractivity contribution in [1.82, 2.24) is 0 Å². The second kappa shape index (κ2) is 9.81. The average molecular weight is 410 g/mol. The van der Waals surface area contributed by atoms with Gasteiger partial charge >= 0.3 is 6.18 Å². The summed E-state index contributed by atoms with van der Waals surface area (Å²) in [6, 6.07) is 9.20. The van der Waals surface area contributed by atoms with E-state index in [0.717, 1.165) is 12.1 Å². The molecule has 0 saturated heterocycles. The van der Waals surface area contributed by atoms with Gasteiger partial charge in [0.25, 0.3) is 5.91 Å². The molecule has 0 radical (unpaired) electrons. The van der Waals surface area contributed by atoms with Crippen LogP contribution < -0.4 is 20.1 Å². The van der Waals surface area contributed by atoms with E-state index in [9.17, 15) is 22.8 Å². The molecule has 156 valence electrons. The van der Waals surface area contributed by atoms with Gasteiger partial charge in [0.05, 0.1) is 17.9 Å². The van der Waals surface area contributed by atoms with Crippen molar-refractivity contribution in [2.45, 2.75) is 26.4 Å². The molecule has 0 saturated carbocycles. The van der Waals surface area contributed by atoms with E-state index in [2.05, 4.69) is 10.6 Å². The van der Waals surface area contributed by atoms with Gasteiger partial charge < -0.3 is 20.1 Å². The molecule has 6 nitrogen and oxygen atoms in total. The van der Waals surface area contributed by atoms with Gasteiger partial charge in [0, 0.05) is 12.6 Å². The van der Waals surface area contributed by atoms with Gasteiger partial charge in [0.1, 0.15) is 11.5 Å². The van der Waals surface area contributed by atoms with E-state index >= 15 is 0 Å². The molecule has 0 heterocycles. The van der Waals surface area contributed by atoms with Crippen LogP contribution in [0, 0.1) is 0 Å². The van der Waals surface area contributed by atoms with Crippen LogP contribution in [0.4, 0.5) is 24.5 Å².